The van der Waals surface area contributed by atoms with Crippen molar-refractivity contribution in [1.82, 2.24) is 0 Å². The number of esters is 1. The summed E-state index contributed by atoms with van der Waals surface area (Å²) in [4.78, 5) is 11.8. The molecule has 2 nitrogen and oxygen atoms in total. The lowest BCUT2D eigenvalue weighted by Crippen LogP contribution is -2.29. The van der Waals surface area contributed by atoms with Gasteiger partial charge in [-0.25, -0.2) is 0 Å². The summed E-state index contributed by atoms with van der Waals surface area (Å²) >= 11 is 0. The normalized spacial score (nSPS) is 12.7. The first-order chi connectivity index (χ1) is 6.69. The summed E-state index contributed by atoms with van der Waals surface area (Å²) in [5.41, 5.74) is -0.280. The average Bonchev–Trinajstić information content (AvgIpc) is 2.09. The van der Waals surface area contributed by atoms with Crippen LogP contribution < -0.4 is 0 Å². The van der Waals surface area contributed by atoms with Gasteiger partial charge >= 0.3 is 5.97 Å². The fraction of sp³-hybridized carbons (Fsp3) is 0.923. The van der Waals surface area contributed by atoms with Gasteiger partial charge in [0.1, 0.15) is 0 Å². The van der Waals surface area contributed by atoms with Crippen molar-refractivity contribution in [2.24, 2.45) is 10.8 Å². The van der Waals surface area contributed by atoms with Gasteiger partial charge in [0.25, 0.3) is 0 Å². The lowest BCUT2D eigenvalue weighted by molar-refractivity contribution is -0.157. The lowest BCUT2D eigenvalue weighted by Gasteiger charge is -2.25. The van der Waals surface area contributed by atoms with Crippen LogP contribution in [0.25, 0.3) is 0 Å². The Morgan fingerprint density at radius 1 is 1.13 bits per heavy atom. The molecule has 0 saturated heterocycles. The van der Waals surface area contributed by atoms with Gasteiger partial charge in [0, 0.05) is 0 Å². The summed E-state index contributed by atoms with van der Waals surface area (Å²) in [6.45, 7) is 12.8. The maximum Gasteiger partial charge on any atom is 0.311 e. The standard InChI is InChI=1S/C13H26O2/c1-7-8-9-13(5,6)11(14)15-10-12(2,3)4/h7-10H2,1-6H3. The van der Waals surface area contributed by atoms with E-state index in [1.165, 1.54) is 0 Å². The molecule has 0 heterocycles. The molecular weight excluding hydrogens is 188 g/mol. The quantitative estimate of drug-likeness (QED) is 0.651. The molecule has 0 aromatic rings. The third-order valence-corrected chi connectivity index (χ3v) is 2.34. The van der Waals surface area contributed by atoms with E-state index >= 15 is 0 Å². The van der Waals surface area contributed by atoms with Crippen LogP contribution in [0, 0.1) is 10.8 Å². The molecule has 0 amide bonds. The maximum absolute atomic E-state index is 11.8. The van der Waals surface area contributed by atoms with Crippen LogP contribution in [-0.2, 0) is 9.53 Å². The first kappa shape index (κ1) is 14.5. The third-order valence-electron chi connectivity index (χ3n) is 2.34. The van der Waals surface area contributed by atoms with Gasteiger partial charge in [0.15, 0.2) is 0 Å². The van der Waals surface area contributed by atoms with Gasteiger partial charge in [-0.15, -0.1) is 0 Å². The van der Waals surface area contributed by atoms with Gasteiger partial charge in [-0.2, -0.15) is 0 Å². The average molecular weight is 214 g/mol. The Hall–Kier alpha value is -0.530. The van der Waals surface area contributed by atoms with Gasteiger partial charge in [-0.1, -0.05) is 40.5 Å². The van der Waals surface area contributed by atoms with Crippen molar-refractivity contribution >= 4 is 5.97 Å². The SMILES string of the molecule is CCCCC(C)(C)C(=O)OCC(C)(C)C. The van der Waals surface area contributed by atoms with Crippen LogP contribution in [0.1, 0.15) is 60.8 Å². The summed E-state index contributed by atoms with van der Waals surface area (Å²) in [5.74, 6) is -0.0640. The van der Waals surface area contributed by atoms with Crippen LogP contribution in [0.15, 0.2) is 0 Å². The van der Waals surface area contributed by atoms with E-state index in [0.29, 0.717) is 6.61 Å². The highest BCUT2D eigenvalue weighted by atomic mass is 16.5. The highest BCUT2D eigenvalue weighted by Crippen LogP contribution is 2.26. The van der Waals surface area contributed by atoms with Gasteiger partial charge < -0.3 is 4.74 Å². The monoisotopic (exact) mass is 214 g/mol. The van der Waals surface area contributed by atoms with Crippen molar-refractivity contribution in [3.8, 4) is 0 Å². The number of unbranched alkanes of at least 4 members (excludes halogenated alkanes) is 1. The smallest absolute Gasteiger partial charge is 0.311 e. The molecule has 0 aliphatic carbocycles. The number of ether oxygens (including phenoxy) is 1. The van der Waals surface area contributed by atoms with Gasteiger partial charge in [0.05, 0.1) is 12.0 Å². The molecule has 0 saturated carbocycles. The molecule has 0 aliphatic heterocycles. The molecule has 0 radical (unpaired) electrons. The minimum absolute atomic E-state index is 0.0521. The van der Waals surface area contributed by atoms with Crippen molar-refractivity contribution in [1.29, 1.82) is 0 Å². The highest BCUT2D eigenvalue weighted by molar-refractivity contribution is 5.75. The summed E-state index contributed by atoms with van der Waals surface area (Å²) in [6.07, 6.45) is 3.11. The topological polar surface area (TPSA) is 26.3 Å². The fourth-order valence-corrected chi connectivity index (χ4v) is 1.20. The summed E-state index contributed by atoms with van der Waals surface area (Å²) in [7, 11) is 0. The van der Waals surface area contributed by atoms with Crippen LogP contribution in [-0.4, -0.2) is 12.6 Å². The predicted molar refractivity (Wildman–Crippen MR) is 63.7 cm³/mol. The number of carbonyl (C=O) groups excluding carboxylic acids is 1. The molecular formula is C13H26O2. The second kappa shape index (κ2) is 5.53. The molecule has 0 atom stereocenters. The Morgan fingerprint density at radius 2 is 1.67 bits per heavy atom. The van der Waals surface area contributed by atoms with Crippen molar-refractivity contribution in [3.05, 3.63) is 0 Å². The molecule has 15 heavy (non-hydrogen) atoms. The summed E-state index contributed by atoms with van der Waals surface area (Å²) in [5, 5.41) is 0. The zero-order chi connectivity index (χ0) is 12.1. The molecule has 0 aromatic carbocycles. The van der Waals surface area contributed by atoms with Crippen molar-refractivity contribution in [2.45, 2.75) is 60.8 Å². The third kappa shape index (κ3) is 6.53. The molecule has 0 aliphatic rings. The summed E-state index contributed by atoms with van der Waals surface area (Å²) < 4.78 is 5.33. The van der Waals surface area contributed by atoms with E-state index in [1.807, 2.05) is 13.8 Å². The van der Waals surface area contributed by atoms with Gasteiger partial charge in [-0.3, -0.25) is 4.79 Å². The largest absolute Gasteiger partial charge is 0.465 e. The number of rotatable bonds is 5. The molecule has 2 heteroatoms. The minimum Gasteiger partial charge on any atom is -0.465 e. The van der Waals surface area contributed by atoms with Crippen LogP contribution in [0.4, 0.5) is 0 Å². The molecule has 0 spiro atoms. The number of hydrogen-bond donors (Lipinski definition) is 0. The Labute approximate surface area is 94.4 Å². The maximum atomic E-state index is 11.8. The van der Waals surface area contributed by atoms with E-state index in [4.69, 9.17) is 4.74 Å². The Morgan fingerprint density at radius 3 is 2.07 bits per heavy atom. The molecule has 0 aromatic heterocycles. The molecule has 90 valence electrons. The molecule has 0 rings (SSSR count). The van der Waals surface area contributed by atoms with Crippen molar-refractivity contribution in [3.63, 3.8) is 0 Å². The molecule has 0 bridgehead atoms. The second-order valence-corrected chi connectivity index (χ2v) is 6.12. The summed E-state index contributed by atoms with van der Waals surface area (Å²) in [6, 6.07) is 0. The minimum atomic E-state index is -0.332. The van der Waals surface area contributed by atoms with E-state index in [0.717, 1.165) is 19.3 Å². The van der Waals surface area contributed by atoms with Crippen LogP contribution >= 0.6 is 0 Å². The van der Waals surface area contributed by atoms with E-state index in [-0.39, 0.29) is 16.8 Å². The van der Waals surface area contributed by atoms with E-state index in [9.17, 15) is 4.79 Å². The van der Waals surface area contributed by atoms with Gasteiger partial charge in [-0.05, 0) is 25.7 Å². The number of hydrogen-bond acceptors (Lipinski definition) is 2. The fourth-order valence-electron chi connectivity index (χ4n) is 1.20. The highest BCUT2D eigenvalue weighted by Gasteiger charge is 2.29. The molecule has 0 unspecified atom stereocenters. The predicted octanol–water partition coefficient (Wildman–Crippen LogP) is 3.79. The van der Waals surface area contributed by atoms with E-state index in [1.54, 1.807) is 0 Å². The zero-order valence-corrected chi connectivity index (χ0v) is 11.1. The van der Waals surface area contributed by atoms with E-state index in [2.05, 4.69) is 27.7 Å². The first-order valence-corrected chi connectivity index (χ1v) is 5.86. The van der Waals surface area contributed by atoms with Crippen molar-refractivity contribution < 1.29 is 9.53 Å². The Kier molecular flexibility index (Phi) is 5.33. The molecule has 0 N–H and O–H groups in total. The number of carbonyl (C=O) groups is 1. The molecule has 0 fully saturated rings. The Bertz CT molecular complexity index is 199. The van der Waals surface area contributed by atoms with Crippen molar-refractivity contribution in [2.75, 3.05) is 6.61 Å². The first-order valence-electron chi connectivity index (χ1n) is 5.86. The van der Waals surface area contributed by atoms with Crippen LogP contribution in [0.5, 0.6) is 0 Å². The zero-order valence-electron chi connectivity index (χ0n) is 11.1. The van der Waals surface area contributed by atoms with Gasteiger partial charge in [0.2, 0.25) is 0 Å². The Balaban J connectivity index is 4.08. The lowest BCUT2D eigenvalue weighted by atomic mass is 9.87. The van der Waals surface area contributed by atoms with Crippen LogP contribution in [0.2, 0.25) is 0 Å². The van der Waals surface area contributed by atoms with Crippen LogP contribution in [0.3, 0.4) is 0 Å². The van der Waals surface area contributed by atoms with E-state index < -0.39 is 0 Å². The second-order valence-electron chi connectivity index (χ2n) is 6.12.